The van der Waals surface area contributed by atoms with E-state index in [9.17, 15) is 4.79 Å². The number of nitrogens with zero attached hydrogens (tertiary/aromatic N) is 4. The number of nitrogens with one attached hydrogen (secondary N) is 1. The average Bonchev–Trinajstić information content (AvgIpc) is 3.68. The molecular weight excluding hydrogens is 402 g/mol. The summed E-state index contributed by atoms with van der Waals surface area (Å²) in [5.41, 5.74) is 3.49. The first-order valence-corrected chi connectivity index (χ1v) is 11.2. The number of likely N-dealkylation sites (tertiary alicyclic amines) is 1. The lowest BCUT2D eigenvalue weighted by Gasteiger charge is -2.32. The Hall–Kier alpha value is -3.48. The van der Waals surface area contributed by atoms with Crippen molar-refractivity contribution in [1.82, 2.24) is 19.9 Å². The van der Waals surface area contributed by atoms with Crippen LogP contribution in [0.3, 0.4) is 0 Å². The number of carbonyl (C=O) groups excluding carboxylic acids is 1. The van der Waals surface area contributed by atoms with Crippen molar-refractivity contribution >= 4 is 11.9 Å². The Labute approximate surface area is 187 Å². The average molecular weight is 430 g/mol. The van der Waals surface area contributed by atoms with Crippen molar-refractivity contribution in [2.24, 2.45) is 0 Å². The highest BCUT2D eigenvalue weighted by atomic mass is 16.5. The molecule has 1 saturated carbocycles. The van der Waals surface area contributed by atoms with Crippen molar-refractivity contribution in [1.29, 1.82) is 0 Å². The number of ether oxygens (including phenoxy) is 1. The molecule has 1 amide bonds. The first-order chi connectivity index (χ1) is 15.7. The molecule has 0 unspecified atom stereocenters. The Balaban J connectivity index is 1.37. The number of anilines is 1. The number of carbonyl (C=O) groups is 1. The van der Waals surface area contributed by atoms with Gasteiger partial charge >= 0.3 is 0 Å². The van der Waals surface area contributed by atoms with Gasteiger partial charge in [-0.3, -0.25) is 9.78 Å². The minimum atomic E-state index is 0.0182. The van der Waals surface area contributed by atoms with Crippen LogP contribution in [0, 0.1) is 0 Å². The highest BCUT2D eigenvalue weighted by molar-refractivity contribution is 5.97. The first kappa shape index (κ1) is 20.4. The molecule has 0 radical (unpaired) electrons. The quantitative estimate of drug-likeness (QED) is 0.634. The van der Waals surface area contributed by atoms with Crippen molar-refractivity contribution in [3.63, 3.8) is 0 Å². The van der Waals surface area contributed by atoms with E-state index in [0.717, 1.165) is 29.8 Å². The standard InChI is InChI=1S/C25H27N5O2/c1-32-22-8-3-2-6-19(22)24(31)30-14-11-17(12-15-30)23-20(21-7-4-5-13-26-21)16-27-25(29-23)28-18-9-10-18/h2-8,13,16-18H,9-12,14-15H2,1H3,(H,27,28,29). The van der Waals surface area contributed by atoms with Gasteiger partial charge in [-0.2, -0.15) is 0 Å². The van der Waals surface area contributed by atoms with Gasteiger partial charge < -0.3 is 15.0 Å². The van der Waals surface area contributed by atoms with Crippen LogP contribution >= 0.6 is 0 Å². The molecule has 3 aromatic rings. The van der Waals surface area contributed by atoms with E-state index in [-0.39, 0.29) is 11.8 Å². The number of pyridine rings is 1. The Kier molecular flexibility index (Phi) is 5.71. The Morgan fingerprint density at radius 1 is 1.03 bits per heavy atom. The van der Waals surface area contributed by atoms with Crippen LogP contribution in [0.15, 0.2) is 54.9 Å². The second kappa shape index (κ2) is 8.94. The summed E-state index contributed by atoms with van der Waals surface area (Å²) in [6, 6.07) is 13.8. The zero-order valence-electron chi connectivity index (χ0n) is 18.2. The van der Waals surface area contributed by atoms with Crippen molar-refractivity contribution in [2.45, 2.75) is 37.6 Å². The fraction of sp³-hybridized carbons (Fsp3) is 0.360. The third-order valence-corrected chi connectivity index (χ3v) is 6.18. The third kappa shape index (κ3) is 4.28. The van der Waals surface area contributed by atoms with E-state index >= 15 is 0 Å². The predicted octanol–water partition coefficient (Wildman–Crippen LogP) is 4.14. The number of amides is 1. The maximum absolute atomic E-state index is 13.1. The van der Waals surface area contributed by atoms with Gasteiger partial charge in [0, 0.05) is 43.0 Å². The van der Waals surface area contributed by atoms with E-state index in [1.807, 2.05) is 53.6 Å². The summed E-state index contributed by atoms with van der Waals surface area (Å²) < 4.78 is 5.38. The first-order valence-electron chi connectivity index (χ1n) is 11.2. The smallest absolute Gasteiger partial charge is 0.257 e. The summed E-state index contributed by atoms with van der Waals surface area (Å²) >= 11 is 0. The van der Waals surface area contributed by atoms with Crippen LogP contribution in [0.25, 0.3) is 11.3 Å². The van der Waals surface area contributed by atoms with E-state index < -0.39 is 0 Å². The molecule has 1 aliphatic carbocycles. The van der Waals surface area contributed by atoms with E-state index in [1.165, 1.54) is 12.8 Å². The van der Waals surface area contributed by atoms with Crippen LogP contribution in [0.5, 0.6) is 5.75 Å². The van der Waals surface area contributed by atoms with Gasteiger partial charge in [0.2, 0.25) is 5.95 Å². The fourth-order valence-electron chi connectivity index (χ4n) is 4.25. The number of benzene rings is 1. The van der Waals surface area contributed by atoms with Gasteiger partial charge in [0.05, 0.1) is 24.1 Å². The zero-order valence-corrected chi connectivity index (χ0v) is 18.2. The summed E-state index contributed by atoms with van der Waals surface area (Å²) in [6.07, 6.45) is 7.72. The number of methoxy groups -OCH3 is 1. The van der Waals surface area contributed by atoms with E-state index in [2.05, 4.69) is 15.3 Å². The molecule has 1 N–H and O–H groups in total. The van der Waals surface area contributed by atoms with Gasteiger partial charge in [0.25, 0.3) is 5.91 Å². The summed E-state index contributed by atoms with van der Waals surface area (Å²) in [6.45, 7) is 1.36. The molecule has 7 heteroatoms. The molecule has 2 fully saturated rings. The van der Waals surface area contributed by atoms with E-state index in [4.69, 9.17) is 9.72 Å². The monoisotopic (exact) mass is 429 g/mol. The maximum atomic E-state index is 13.1. The van der Waals surface area contributed by atoms with Crippen molar-refractivity contribution in [2.75, 3.05) is 25.5 Å². The summed E-state index contributed by atoms with van der Waals surface area (Å²) in [5.74, 6) is 1.57. The number of aromatic nitrogens is 3. The zero-order chi connectivity index (χ0) is 21.9. The Bertz CT molecular complexity index is 1090. The van der Waals surface area contributed by atoms with Crippen molar-refractivity contribution in [3.8, 4) is 17.0 Å². The van der Waals surface area contributed by atoms with Gasteiger partial charge in [-0.1, -0.05) is 18.2 Å². The number of hydrogen-bond donors (Lipinski definition) is 1. The number of hydrogen-bond acceptors (Lipinski definition) is 6. The van der Waals surface area contributed by atoms with Crippen molar-refractivity contribution < 1.29 is 9.53 Å². The number of para-hydroxylation sites is 1. The van der Waals surface area contributed by atoms with Crippen LogP contribution in [0.4, 0.5) is 5.95 Å². The van der Waals surface area contributed by atoms with E-state index in [0.29, 0.717) is 36.4 Å². The van der Waals surface area contributed by atoms with Crippen molar-refractivity contribution in [3.05, 3.63) is 66.1 Å². The second-order valence-electron chi connectivity index (χ2n) is 8.39. The summed E-state index contributed by atoms with van der Waals surface area (Å²) in [7, 11) is 1.60. The molecule has 1 aliphatic heterocycles. The Morgan fingerprint density at radius 2 is 1.81 bits per heavy atom. The largest absolute Gasteiger partial charge is 0.496 e. The van der Waals surface area contributed by atoms with Gasteiger partial charge in [0.15, 0.2) is 0 Å². The SMILES string of the molecule is COc1ccccc1C(=O)N1CCC(c2nc(NC3CC3)ncc2-c2ccccn2)CC1. The topological polar surface area (TPSA) is 80.2 Å². The Morgan fingerprint density at radius 3 is 2.53 bits per heavy atom. The lowest BCUT2D eigenvalue weighted by molar-refractivity contribution is 0.0709. The van der Waals surface area contributed by atoms with Crippen LogP contribution in [0.1, 0.15) is 47.7 Å². The lowest BCUT2D eigenvalue weighted by atomic mass is 9.89. The highest BCUT2D eigenvalue weighted by Gasteiger charge is 2.29. The molecule has 3 heterocycles. The molecule has 164 valence electrons. The lowest BCUT2D eigenvalue weighted by Crippen LogP contribution is -2.38. The van der Waals surface area contributed by atoms with Crippen LogP contribution < -0.4 is 10.1 Å². The number of rotatable bonds is 6. The van der Waals surface area contributed by atoms with Crippen LogP contribution in [-0.4, -0.2) is 52.0 Å². The minimum absolute atomic E-state index is 0.0182. The van der Waals surface area contributed by atoms with Gasteiger partial charge in [-0.25, -0.2) is 9.97 Å². The van der Waals surface area contributed by atoms with Gasteiger partial charge in [-0.15, -0.1) is 0 Å². The van der Waals surface area contributed by atoms with Gasteiger partial charge in [0.1, 0.15) is 5.75 Å². The molecule has 2 aromatic heterocycles. The minimum Gasteiger partial charge on any atom is -0.496 e. The molecule has 7 nitrogen and oxygen atoms in total. The molecule has 1 saturated heterocycles. The highest BCUT2D eigenvalue weighted by Crippen LogP contribution is 2.35. The van der Waals surface area contributed by atoms with Crippen LogP contribution in [-0.2, 0) is 0 Å². The summed E-state index contributed by atoms with van der Waals surface area (Å²) in [4.78, 5) is 29.0. The molecule has 0 spiro atoms. The summed E-state index contributed by atoms with van der Waals surface area (Å²) in [5, 5.41) is 3.41. The van der Waals surface area contributed by atoms with Crippen LogP contribution in [0.2, 0.25) is 0 Å². The molecule has 0 atom stereocenters. The molecule has 1 aromatic carbocycles. The molecule has 32 heavy (non-hydrogen) atoms. The molecule has 0 bridgehead atoms. The molecule has 2 aliphatic rings. The molecule has 5 rings (SSSR count). The third-order valence-electron chi connectivity index (χ3n) is 6.18. The normalized spacial score (nSPS) is 16.6. The van der Waals surface area contributed by atoms with Gasteiger partial charge in [-0.05, 0) is 49.9 Å². The fourth-order valence-corrected chi connectivity index (χ4v) is 4.25. The van der Waals surface area contributed by atoms with E-state index in [1.54, 1.807) is 13.3 Å². The predicted molar refractivity (Wildman–Crippen MR) is 123 cm³/mol. The number of piperidine rings is 1. The molecular formula is C25H27N5O2. The maximum Gasteiger partial charge on any atom is 0.257 e. The second-order valence-corrected chi connectivity index (χ2v) is 8.39.